The molecule has 0 aromatic heterocycles. The van der Waals surface area contributed by atoms with Gasteiger partial charge in [-0.25, -0.2) is 0 Å². The molecule has 1 nitrogen and oxygen atoms in total. The summed E-state index contributed by atoms with van der Waals surface area (Å²) in [6.45, 7) is 0. The summed E-state index contributed by atoms with van der Waals surface area (Å²) in [5.41, 5.74) is 4.70. The van der Waals surface area contributed by atoms with E-state index in [1.54, 1.807) is 0 Å². The Balaban J connectivity index is 1.57. The van der Waals surface area contributed by atoms with Gasteiger partial charge in [-0.15, -0.1) is 0 Å². The second-order valence-electron chi connectivity index (χ2n) is 6.90. The fourth-order valence-electron chi connectivity index (χ4n) is 3.73. The van der Waals surface area contributed by atoms with Gasteiger partial charge in [0, 0.05) is 14.9 Å². The van der Waals surface area contributed by atoms with Gasteiger partial charge < -0.3 is 5.32 Å². The first-order valence-electron chi connectivity index (χ1n) is 9.31. The Morgan fingerprint density at radius 2 is 1.11 bits per heavy atom. The molecule has 0 saturated carbocycles. The number of nitrogens with one attached hydrogen (secondary N) is 1. The first-order valence-corrected chi connectivity index (χ1v) is 10.4. The summed E-state index contributed by atoms with van der Waals surface area (Å²) in [7, 11) is 0. The van der Waals surface area contributed by atoms with E-state index in [9.17, 15) is 0 Å². The van der Waals surface area contributed by atoms with Gasteiger partial charge in [-0.1, -0.05) is 60.7 Å². The number of benzene rings is 5. The molecule has 0 fully saturated rings. The zero-order chi connectivity index (χ0) is 18.9. The molecule has 134 valence electrons. The van der Waals surface area contributed by atoms with Crippen LogP contribution in [0, 0.1) is 3.57 Å². The first kappa shape index (κ1) is 17.3. The van der Waals surface area contributed by atoms with E-state index < -0.39 is 0 Å². The molecule has 0 saturated heterocycles. The van der Waals surface area contributed by atoms with Crippen LogP contribution in [0.15, 0.2) is 103 Å². The lowest BCUT2D eigenvalue weighted by molar-refractivity contribution is 1.53. The van der Waals surface area contributed by atoms with E-state index in [2.05, 4.69) is 131 Å². The largest absolute Gasteiger partial charge is 0.356 e. The lowest BCUT2D eigenvalue weighted by atomic mass is 9.93. The number of anilines is 2. The molecular weight excluding hydrogens is 453 g/mol. The van der Waals surface area contributed by atoms with Crippen LogP contribution in [0.5, 0.6) is 0 Å². The molecule has 0 radical (unpaired) electrons. The number of rotatable bonds is 3. The van der Waals surface area contributed by atoms with Crippen molar-refractivity contribution in [2.45, 2.75) is 0 Å². The summed E-state index contributed by atoms with van der Waals surface area (Å²) in [6, 6.07) is 36.7. The Hall–Kier alpha value is -2.85. The zero-order valence-corrected chi connectivity index (χ0v) is 17.4. The van der Waals surface area contributed by atoms with Gasteiger partial charge in [0.25, 0.3) is 0 Å². The van der Waals surface area contributed by atoms with Gasteiger partial charge >= 0.3 is 0 Å². The van der Waals surface area contributed by atoms with Crippen LogP contribution in [0.1, 0.15) is 0 Å². The summed E-state index contributed by atoms with van der Waals surface area (Å²) in [5, 5.41) is 8.65. The van der Waals surface area contributed by atoms with Crippen molar-refractivity contribution < 1.29 is 0 Å². The van der Waals surface area contributed by atoms with Gasteiger partial charge in [0.2, 0.25) is 0 Å². The first-order chi connectivity index (χ1) is 13.8. The Kier molecular flexibility index (Phi) is 4.49. The third-order valence-corrected chi connectivity index (χ3v) is 5.82. The van der Waals surface area contributed by atoms with Crippen molar-refractivity contribution in [1.29, 1.82) is 0 Å². The summed E-state index contributed by atoms with van der Waals surface area (Å²) < 4.78 is 1.24. The second-order valence-corrected chi connectivity index (χ2v) is 8.15. The molecule has 28 heavy (non-hydrogen) atoms. The molecule has 5 aromatic rings. The SMILES string of the molecule is Ic1ccc(Nc2ccc(-c3cc4ccccc4c4ccccc34)cc2)cc1. The third-order valence-electron chi connectivity index (χ3n) is 5.10. The molecule has 0 bridgehead atoms. The zero-order valence-electron chi connectivity index (χ0n) is 15.2. The van der Waals surface area contributed by atoms with Crippen molar-refractivity contribution >= 4 is 55.5 Å². The highest BCUT2D eigenvalue weighted by Crippen LogP contribution is 2.35. The van der Waals surface area contributed by atoms with Gasteiger partial charge in [-0.3, -0.25) is 0 Å². The number of fused-ring (bicyclic) bond motifs is 3. The Labute approximate surface area is 178 Å². The van der Waals surface area contributed by atoms with Crippen LogP contribution < -0.4 is 5.32 Å². The third kappa shape index (κ3) is 3.25. The van der Waals surface area contributed by atoms with E-state index in [0.29, 0.717) is 0 Å². The molecule has 0 aliphatic rings. The molecule has 5 aromatic carbocycles. The molecular formula is C26H18IN. The topological polar surface area (TPSA) is 12.0 Å². The molecule has 2 heteroatoms. The highest BCUT2D eigenvalue weighted by molar-refractivity contribution is 14.1. The fraction of sp³-hybridized carbons (Fsp3) is 0. The van der Waals surface area contributed by atoms with E-state index in [4.69, 9.17) is 0 Å². The van der Waals surface area contributed by atoms with Gasteiger partial charge in [-0.2, -0.15) is 0 Å². The average molecular weight is 471 g/mol. The number of hydrogen-bond acceptors (Lipinski definition) is 1. The van der Waals surface area contributed by atoms with Crippen LogP contribution in [0.3, 0.4) is 0 Å². The van der Waals surface area contributed by atoms with Gasteiger partial charge in [0.05, 0.1) is 0 Å². The van der Waals surface area contributed by atoms with E-state index in [1.165, 1.54) is 36.2 Å². The standard InChI is InChI=1S/C26H18IN/c27-20-11-15-22(16-12-20)28-21-13-9-18(10-14-21)26-17-19-5-1-2-6-23(19)24-7-3-4-8-25(24)26/h1-17,28H. The van der Waals surface area contributed by atoms with Gasteiger partial charge in [0.15, 0.2) is 0 Å². The minimum Gasteiger partial charge on any atom is -0.356 e. The lowest BCUT2D eigenvalue weighted by Gasteiger charge is -2.12. The molecule has 5 rings (SSSR count). The van der Waals surface area contributed by atoms with Gasteiger partial charge in [-0.05, 0) is 97.7 Å². The van der Waals surface area contributed by atoms with Crippen molar-refractivity contribution in [2.75, 3.05) is 5.32 Å². The quantitative estimate of drug-likeness (QED) is 0.208. The Morgan fingerprint density at radius 3 is 1.82 bits per heavy atom. The lowest BCUT2D eigenvalue weighted by Crippen LogP contribution is -1.90. The minimum absolute atomic E-state index is 1.09. The van der Waals surface area contributed by atoms with Crippen molar-refractivity contribution in [3.8, 4) is 11.1 Å². The molecule has 0 aliphatic heterocycles. The molecule has 0 unspecified atom stereocenters. The van der Waals surface area contributed by atoms with Crippen molar-refractivity contribution in [1.82, 2.24) is 0 Å². The smallest absolute Gasteiger partial charge is 0.0384 e. The van der Waals surface area contributed by atoms with E-state index in [-0.39, 0.29) is 0 Å². The van der Waals surface area contributed by atoms with E-state index in [1.807, 2.05) is 0 Å². The predicted molar refractivity (Wildman–Crippen MR) is 129 cm³/mol. The Morgan fingerprint density at radius 1 is 0.536 bits per heavy atom. The maximum Gasteiger partial charge on any atom is 0.0384 e. The van der Waals surface area contributed by atoms with Crippen LogP contribution >= 0.6 is 22.6 Å². The van der Waals surface area contributed by atoms with Crippen molar-refractivity contribution in [3.63, 3.8) is 0 Å². The summed E-state index contributed by atoms with van der Waals surface area (Å²) in [6.07, 6.45) is 0. The minimum atomic E-state index is 1.09. The maximum atomic E-state index is 3.47. The highest BCUT2D eigenvalue weighted by Gasteiger charge is 2.08. The maximum absolute atomic E-state index is 3.47. The predicted octanol–water partition coefficient (Wildman–Crippen LogP) is 8.01. The molecule has 0 spiro atoms. The van der Waals surface area contributed by atoms with E-state index in [0.717, 1.165) is 11.4 Å². The van der Waals surface area contributed by atoms with Crippen LogP contribution in [0.25, 0.3) is 32.7 Å². The molecule has 0 aliphatic carbocycles. The summed E-state index contributed by atoms with van der Waals surface area (Å²) in [4.78, 5) is 0. The van der Waals surface area contributed by atoms with Crippen LogP contribution in [0.4, 0.5) is 11.4 Å². The normalized spacial score (nSPS) is 11.0. The monoisotopic (exact) mass is 471 g/mol. The average Bonchev–Trinajstić information content (AvgIpc) is 2.75. The number of hydrogen-bond donors (Lipinski definition) is 1. The second kappa shape index (κ2) is 7.28. The number of halogens is 1. The van der Waals surface area contributed by atoms with Crippen LogP contribution in [0.2, 0.25) is 0 Å². The van der Waals surface area contributed by atoms with Crippen LogP contribution in [-0.4, -0.2) is 0 Å². The fourth-order valence-corrected chi connectivity index (χ4v) is 4.09. The van der Waals surface area contributed by atoms with Gasteiger partial charge in [0.1, 0.15) is 0 Å². The molecule has 1 N–H and O–H groups in total. The van der Waals surface area contributed by atoms with Crippen LogP contribution in [-0.2, 0) is 0 Å². The van der Waals surface area contributed by atoms with Crippen molar-refractivity contribution in [3.05, 3.63) is 107 Å². The summed E-state index contributed by atoms with van der Waals surface area (Å²) in [5.74, 6) is 0. The molecule has 0 atom stereocenters. The van der Waals surface area contributed by atoms with Crippen molar-refractivity contribution in [2.24, 2.45) is 0 Å². The highest BCUT2D eigenvalue weighted by atomic mass is 127. The molecule has 0 amide bonds. The Bertz CT molecular complexity index is 1270. The van der Waals surface area contributed by atoms with E-state index >= 15 is 0 Å². The molecule has 0 heterocycles. The summed E-state index contributed by atoms with van der Waals surface area (Å²) >= 11 is 2.32.